The molecule has 2 atom stereocenters. The number of hydrogen-bond donors (Lipinski definition) is 2. The summed E-state index contributed by atoms with van der Waals surface area (Å²) < 4.78 is 0. The Balaban J connectivity index is 1.75. The van der Waals surface area contributed by atoms with Gasteiger partial charge in [0.2, 0.25) is 0 Å². The van der Waals surface area contributed by atoms with E-state index in [-0.39, 0.29) is 12.1 Å². The Morgan fingerprint density at radius 1 is 0.826 bits per heavy atom. The van der Waals surface area contributed by atoms with Gasteiger partial charge in [0.15, 0.2) is 0 Å². The molecule has 0 aromatic carbocycles. The predicted molar refractivity (Wildman–Crippen MR) is 92.9 cm³/mol. The summed E-state index contributed by atoms with van der Waals surface area (Å²) in [5.74, 6) is 0.305. The molecule has 0 radical (unpaired) electrons. The van der Waals surface area contributed by atoms with Gasteiger partial charge in [0, 0.05) is 12.1 Å². The summed E-state index contributed by atoms with van der Waals surface area (Å²) in [6.07, 6.45) is 8.76. The molecule has 2 amide bonds. The number of carbonyl (C=O) groups is 2. The molecule has 2 aliphatic carbocycles. The second-order valence-electron chi connectivity index (χ2n) is 8.73. The maximum Gasteiger partial charge on any atom is 0.309 e. The monoisotopic (exact) mass is 322 g/mol. The van der Waals surface area contributed by atoms with Crippen LogP contribution in [0.4, 0.5) is 0 Å². The predicted octanol–water partition coefficient (Wildman–Crippen LogP) is 3.40. The zero-order valence-electron chi connectivity index (χ0n) is 15.3. The fourth-order valence-corrected chi connectivity index (χ4v) is 4.12. The van der Waals surface area contributed by atoms with Gasteiger partial charge in [0.05, 0.1) is 0 Å². The van der Waals surface area contributed by atoms with Crippen LogP contribution in [0.25, 0.3) is 0 Å². The minimum Gasteiger partial charge on any atom is -0.345 e. The van der Waals surface area contributed by atoms with Crippen LogP contribution in [0.5, 0.6) is 0 Å². The van der Waals surface area contributed by atoms with Crippen LogP contribution in [0.1, 0.15) is 79.1 Å². The minimum atomic E-state index is -0.443. The third-order valence-electron chi connectivity index (χ3n) is 5.92. The SMILES string of the molecule is C[C@@H]1CCCC[C@@H]1NC(=O)C(=O)NC1CCC(C(C)(C)C)CC1. The van der Waals surface area contributed by atoms with Gasteiger partial charge in [0.1, 0.15) is 0 Å². The highest BCUT2D eigenvalue weighted by molar-refractivity contribution is 6.35. The molecule has 2 aliphatic rings. The van der Waals surface area contributed by atoms with Crippen molar-refractivity contribution >= 4 is 11.8 Å². The Bertz CT molecular complexity index is 420. The normalized spacial score (nSPS) is 32.2. The number of amides is 2. The van der Waals surface area contributed by atoms with Gasteiger partial charge in [-0.2, -0.15) is 0 Å². The van der Waals surface area contributed by atoms with Crippen molar-refractivity contribution in [1.82, 2.24) is 10.6 Å². The van der Waals surface area contributed by atoms with Gasteiger partial charge >= 0.3 is 11.8 Å². The summed E-state index contributed by atoms with van der Waals surface area (Å²) in [6.45, 7) is 9.02. The van der Waals surface area contributed by atoms with Gasteiger partial charge in [-0.25, -0.2) is 0 Å². The van der Waals surface area contributed by atoms with E-state index in [2.05, 4.69) is 38.3 Å². The third-order valence-corrected chi connectivity index (χ3v) is 5.92. The molecule has 23 heavy (non-hydrogen) atoms. The Labute approximate surface area is 141 Å². The van der Waals surface area contributed by atoms with Gasteiger partial charge in [-0.15, -0.1) is 0 Å². The lowest BCUT2D eigenvalue weighted by Gasteiger charge is -2.37. The summed E-state index contributed by atoms with van der Waals surface area (Å²) in [5, 5.41) is 5.88. The topological polar surface area (TPSA) is 58.2 Å². The van der Waals surface area contributed by atoms with E-state index in [4.69, 9.17) is 0 Å². The molecule has 4 heteroatoms. The number of carbonyl (C=O) groups excluding carboxylic acids is 2. The third kappa shape index (κ3) is 5.22. The Hall–Kier alpha value is -1.06. The van der Waals surface area contributed by atoms with Crippen LogP contribution in [0.15, 0.2) is 0 Å². The Morgan fingerprint density at radius 3 is 1.96 bits per heavy atom. The van der Waals surface area contributed by atoms with Gasteiger partial charge in [-0.1, -0.05) is 40.5 Å². The Kier molecular flexibility index (Phi) is 6.10. The van der Waals surface area contributed by atoms with Gasteiger partial charge in [-0.05, 0) is 55.8 Å². The molecule has 2 N–H and O–H groups in total. The molecule has 0 aliphatic heterocycles. The fraction of sp³-hybridized carbons (Fsp3) is 0.895. The van der Waals surface area contributed by atoms with Crippen molar-refractivity contribution in [2.45, 2.75) is 91.1 Å². The molecule has 2 rings (SSSR count). The molecule has 2 saturated carbocycles. The summed E-state index contributed by atoms with van der Waals surface area (Å²) >= 11 is 0. The van der Waals surface area contributed by atoms with Gasteiger partial charge in [-0.3, -0.25) is 9.59 Å². The van der Waals surface area contributed by atoms with Crippen LogP contribution in [-0.4, -0.2) is 23.9 Å². The lowest BCUT2D eigenvalue weighted by Crippen LogP contribution is -2.50. The van der Waals surface area contributed by atoms with E-state index >= 15 is 0 Å². The lowest BCUT2D eigenvalue weighted by molar-refractivity contribution is -0.140. The second kappa shape index (κ2) is 7.67. The smallest absolute Gasteiger partial charge is 0.309 e. The van der Waals surface area contributed by atoms with Crippen molar-refractivity contribution in [3.05, 3.63) is 0 Å². The lowest BCUT2D eigenvalue weighted by atomic mass is 9.71. The van der Waals surface area contributed by atoms with Crippen LogP contribution in [0, 0.1) is 17.3 Å². The van der Waals surface area contributed by atoms with E-state index in [1.54, 1.807) is 0 Å². The van der Waals surface area contributed by atoms with Crippen molar-refractivity contribution in [2.24, 2.45) is 17.3 Å². The molecule has 0 aromatic heterocycles. The van der Waals surface area contributed by atoms with Gasteiger partial charge in [0.25, 0.3) is 0 Å². The van der Waals surface area contributed by atoms with Gasteiger partial charge < -0.3 is 10.6 Å². The molecule has 0 unspecified atom stereocenters. The molecule has 4 nitrogen and oxygen atoms in total. The first-order valence-corrected chi connectivity index (χ1v) is 9.38. The van der Waals surface area contributed by atoms with Crippen LogP contribution < -0.4 is 10.6 Å². The summed E-state index contributed by atoms with van der Waals surface area (Å²) in [6, 6.07) is 0.328. The summed E-state index contributed by atoms with van der Waals surface area (Å²) in [7, 11) is 0. The average molecular weight is 322 g/mol. The van der Waals surface area contributed by atoms with Crippen LogP contribution >= 0.6 is 0 Å². The van der Waals surface area contributed by atoms with E-state index in [9.17, 15) is 9.59 Å². The number of hydrogen-bond acceptors (Lipinski definition) is 2. The summed E-state index contributed by atoms with van der Waals surface area (Å²) in [5.41, 5.74) is 0.337. The van der Waals surface area contributed by atoms with Crippen molar-refractivity contribution in [3.8, 4) is 0 Å². The molecule has 0 spiro atoms. The molecule has 0 saturated heterocycles. The molecular weight excluding hydrogens is 288 g/mol. The van der Waals surface area contributed by atoms with Crippen LogP contribution in [0.3, 0.4) is 0 Å². The highest BCUT2D eigenvalue weighted by Crippen LogP contribution is 2.37. The van der Waals surface area contributed by atoms with Crippen molar-refractivity contribution in [3.63, 3.8) is 0 Å². The zero-order chi connectivity index (χ0) is 17.0. The summed E-state index contributed by atoms with van der Waals surface area (Å²) in [4.78, 5) is 24.3. The van der Waals surface area contributed by atoms with E-state index in [0.29, 0.717) is 17.3 Å². The quantitative estimate of drug-likeness (QED) is 0.766. The standard InChI is InChI=1S/C19H34N2O2/c1-13-7-5-6-8-16(13)21-18(23)17(22)20-15-11-9-14(10-12-15)19(2,3)4/h13-16H,5-12H2,1-4H3,(H,20,22)(H,21,23)/t13-,14?,15?,16+/m1/s1. The van der Waals surface area contributed by atoms with Crippen molar-refractivity contribution < 1.29 is 9.59 Å². The van der Waals surface area contributed by atoms with E-state index in [1.165, 1.54) is 6.42 Å². The first-order chi connectivity index (χ1) is 10.8. The molecule has 0 aromatic rings. The van der Waals surface area contributed by atoms with Crippen molar-refractivity contribution in [2.75, 3.05) is 0 Å². The van der Waals surface area contributed by atoms with Crippen LogP contribution in [-0.2, 0) is 9.59 Å². The molecule has 0 heterocycles. The van der Waals surface area contributed by atoms with E-state index in [1.807, 2.05) is 0 Å². The van der Waals surface area contributed by atoms with E-state index < -0.39 is 11.8 Å². The average Bonchev–Trinajstić information content (AvgIpc) is 2.49. The maximum atomic E-state index is 12.1. The Morgan fingerprint density at radius 2 is 1.39 bits per heavy atom. The van der Waals surface area contributed by atoms with Crippen molar-refractivity contribution in [1.29, 1.82) is 0 Å². The highest BCUT2D eigenvalue weighted by atomic mass is 16.2. The maximum absolute atomic E-state index is 12.1. The first-order valence-electron chi connectivity index (χ1n) is 9.38. The molecule has 132 valence electrons. The van der Waals surface area contributed by atoms with Crippen LogP contribution in [0.2, 0.25) is 0 Å². The molecule has 0 bridgehead atoms. The number of rotatable bonds is 2. The first kappa shape index (κ1) is 18.3. The van der Waals surface area contributed by atoms with E-state index in [0.717, 1.165) is 44.9 Å². The largest absolute Gasteiger partial charge is 0.345 e. The highest BCUT2D eigenvalue weighted by Gasteiger charge is 2.31. The second-order valence-corrected chi connectivity index (χ2v) is 8.73. The number of nitrogens with one attached hydrogen (secondary N) is 2. The fourth-order valence-electron chi connectivity index (χ4n) is 4.12. The minimum absolute atomic E-state index is 0.163. The zero-order valence-corrected chi connectivity index (χ0v) is 15.3. The molecule has 2 fully saturated rings. The molecular formula is C19H34N2O2.